The van der Waals surface area contributed by atoms with E-state index >= 15 is 0 Å². The van der Waals surface area contributed by atoms with Crippen molar-refractivity contribution in [3.05, 3.63) is 33.4 Å². The summed E-state index contributed by atoms with van der Waals surface area (Å²) in [6.45, 7) is 0. The van der Waals surface area contributed by atoms with Crippen LogP contribution < -0.4 is 0 Å². The lowest BCUT2D eigenvalue weighted by Crippen LogP contribution is -2.33. The smallest absolute Gasteiger partial charge is 0.353 e. The molecule has 0 saturated heterocycles. The molecule has 2 rings (SSSR count). The maximum absolute atomic E-state index is 13.1. The van der Waals surface area contributed by atoms with Gasteiger partial charge in [-0.05, 0) is 34.1 Å². The average molecular weight is 348 g/mol. The topological polar surface area (TPSA) is 15.8 Å². The van der Waals surface area contributed by atoms with Crippen molar-refractivity contribution in [2.75, 3.05) is 0 Å². The van der Waals surface area contributed by atoms with E-state index in [2.05, 4.69) is 15.9 Å². The van der Waals surface area contributed by atoms with E-state index in [1.165, 1.54) is 12.1 Å². The second kappa shape index (κ2) is 4.09. The molecular formula is C10H4BrClF5N. The molecule has 0 radical (unpaired) electrons. The van der Waals surface area contributed by atoms with Crippen LogP contribution in [0.4, 0.5) is 22.0 Å². The predicted molar refractivity (Wildman–Crippen MR) is 61.0 cm³/mol. The van der Waals surface area contributed by atoms with Crippen molar-refractivity contribution in [3.8, 4) is 0 Å². The highest BCUT2D eigenvalue weighted by Gasteiger charge is 2.59. The number of aromatic nitrogens is 1. The Labute approximate surface area is 111 Å². The van der Waals surface area contributed by atoms with Gasteiger partial charge in [0.25, 0.3) is 0 Å². The number of hydrogen-bond donors (Lipinski definition) is 1. The van der Waals surface area contributed by atoms with Gasteiger partial charge in [-0.15, -0.1) is 0 Å². The second-order valence-electron chi connectivity index (χ2n) is 3.61. The van der Waals surface area contributed by atoms with E-state index in [1.54, 1.807) is 0 Å². The number of alkyl halides is 5. The molecule has 1 heterocycles. The normalized spacial score (nSPS) is 13.3. The summed E-state index contributed by atoms with van der Waals surface area (Å²) in [5.74, 6) is -4.93. The van der Waals surface area contributed by atoms with Crippen molar-refractivity contribution < 1.29 is 22.0 Å². The van der Waals surface area contributed by atoms with Gasteiger partial charge in [-0.3, -0.25) is 0 Å². The molecule has 0 spiro atoms. The lowest BCUT2D eigenvalue weighted by molar-refractivity contribution is -0.290. The maximum atomic E-state index is 13.1. The molecule has 1 aromatic heterocycles. The minimum absolute atomic E-state index is 0.113. The Morgan fingerprint density at radius 2 is 1.67 bits per heavy atom. The third-order valence-electron chi connectivity index (χ3n) is 2.36. The molecule has 1 aromatic carbocycles. The van der Waals surface area contributed by atoms with E-state index in [9.17, 15) is 22.0 Å². The number of rotatable bonds is 1. The van der Waals surface area contributed by atoms with E-state index in [-0.39, 0.29) is 15.9 Å². The molecule has 0 unspecified atom stereocenters. The van der Waals surface area contributed by atoms with Crippen LogP contribution in [0.3, 0.4) is 0 Å². The van der Waals surface area contributed by atoms with Crippen LogP contribution in [-0.2, 0) is 5.92 Å². The van der Waals surface area contributed by atoms with Crippen molar-refractivity contribution in [2.45, 2.75) is 12.1 Å². The Hall–Kier alpha value is -0.820. The molecule has 2 aromatic rings. The summed E-state index contributed by atoms with van der Waals surface area (Å²) < 4.78 is 63.2. The number of benzene rings is 1. The van der Waals surface area contributed by atoms with Gasteiger partial charge in [0.05, 0.1) is 10.7 Å². The summed E-state index contributed by atoms with van der Waals surface area (Å²) >= 11 is 8.78. The summed E-state index contributed by atoms with van der Waals surface area (Å²) in [6.07, 6.45) is -5.64. The van der Waals surface area contributed by atoms with Gasteiger partial charge in [-0.1, -0.05) is 11.6 Å². The Morgan fingerprint density at radius 3 is 2.22 bits per heavy atom. The van der Waals surface area contributed by atoms with Crippen molar-refractivity contribution in [1.82, 2.24) is 4.98 Å². The molecule has 0 fully saturated rings. The van der Waals surface area contributed by atoms with E-state index in [0.717, 1.165) is 6.07 Å². The molecule has 8 heteroatoms. The first-order chi connectivity index (χ1) is 8.13. The van der Waals surface area contributed by atoms with Gasteiger partial charge < -0.3 is 4.98 Å². The van der Waals surface area contributed by atoms with Crippen LogP contribution in [0.25, 0.3) is 10.9 Å². The lowest BCUT2D eigenvalue weighted by Gasteiger charge is -2.17. The van der Waals surface area contributed by atoms with Crippen LogP contribution in [0, 0.1) is 0 Å². The second-order valence-corrected chi connectivity index (χ2v) is 4.87. The Kier molecular flexibility index (Phi) is 3.09. The summed E-state index contributed by atoms with van der Waals surface area (Å²) in [4.78, 5) is 2.04. The third-order valence-corrected chi connectivity index (χ3v) is 3.55. The van der Waals surface area contributed by atoms with E-state index < -0.39 is 17.8 Å². The van der Waals surface area contributed by atoms with Crippen LogP contribution in [0.5, 0.6) is 0 Å². The minimum Gasteiger partial charge on any atom is -0.353 e. The van der Waals surface area contributed by atoms with Crippen LogP contribution >= 0.6 is 27.5 Å². The Bertz CT molecular complexity index is 565. The molecule has 0 aliphatic rings. The molecule has 0 atom stereocenters. The van der Waals surface area contributed by atoms with E-state index in [0.29, 0.717) is 4.47 Å². The number of hydrogen-bond acceptors (Lipinski definition) is 0. The molecule has 1 nitrogen and oxygen atoms in total. The van der Waals surface area contributed by atoms with Gasteiger partial charge >= 0.3 is 12.1 Å². The summed E-state index contributed by atoms with van der Waals surface area (Å²) in [7, 11) is 0. The standard InChI is InChI=1S/C10H4BrClF5N/c11-5-1-4-2-8(9(13,14)10(15,16)17)18-7(4)3-6(5)12/h1-3,18H. The fourth-order valence-corrected chi connectivity index (χ4v) is 1.97. The minimum atomic E-state index is -5.64. The molecule has 0 aliphatic heterocycles. The average Bonchev–Trinajstić information content (AvgIpc) is 2.60. The van der Waals surface area contributed by atoms with Gasteiger partial charge in [-0.25, -0.2) is 0 Å². The van der Waals surface area contributed by atoms with Crippen molar-refractivity contribution >= 4 is 38.4 Å². The predicted octanol–water partition coefficient (Wildman–Crippen LogP) is 5.24. The third kappa shape index (κ3) is 2.09. The van der Waals surface area contributed by atoms with Gasteiger partial charge in [0.1, 0.15) is 0 Å². The summed E-state index contributed by atoms with van der Waals surface area (Å²) in [6, 6.07) is 3.39. The zero-order valence-corrected chi connectivity index (χ0v) is 10.7. The quantitative estimate of drug-likeness (QED) is 0.679. The SMILES string of the molecule is FC(F)(F)C(F)(F)c1cc2cc(Br)c(Cl)cc2[nH]1. The first-order valence-electron chi connectivity index (χ1n) is 4.55. The maximum Gasteiger partial charge on any atom is 0.459 e. The molecule has 0 aliphatic carbocycles. The Balaban J connectivity index is 2.61. The first-order valence-corrected chi connectivity index (χ1v) is 5.73. The monoisotopic (exact) mass is 347 g/mol. The zero-order chi connectivity index (χ0) is 13.7. The first kappa shape index (κ1) is 13.6. The summed E-state index contributed by atoms with van der Waals surface area (Å²) in [5.41, 5.74) is -1.10. The van der Waals surface area contributed by atoms with Crippen molar-refractivity contribution in [3.63, 3.8) is 0 Å². The number of fused-ring (bicyclic) bond motifs is 1. The van der Waals surface area contributed by atoms with Gasteiger partial charge in [0.2, 0.25) is 0 Å². The number of H-pyrrole nitrogens is 1. The number of halogens is 7. The van der Waals surface area contributed by atoms with Crippen LogP contribution in [0.2, 0.25) is 5.02 Å². The highest BCUT2D eigenvalue weighted by molar-refractivity contribution is 9.10. The van der Waals surface area contributed by atoms with Crippen LogP contribution in [-0.4, -0.2) is 11.2 Å². The molecule has 98 valence electrons. The lowest BCUT2D eigenvalue weighted by atomic mass is 10.2. The summed E-state index contributed by atoms with van der Waals surface area (Å²) in [5, 5.41) is 0.427. The van der Waals surface area contributed by atoms with Gasteiger partial charge in [0.15, 0.2) is 0 Å². The van der Waals surface area contributed by atoms with Crippen LogP contribution in [0.1, 0.15) is 5.69 Å². The van der Waals surface area contributed by atoms with Crippen molar-refractivity contribution in [2.24, 2.45) is 0 Å². The molecular weight excluding hydrogens is 344 g/mol. The highest BCUT2D eigenvalue weighted by atomic mass is 79.9. The fraction of sp³-hybridized carbons (Fsp3) is 0.200. The fourth-order valence-electron chi connectivity index (χ4n) is 1.45. The van der Waals surface area contributed by atoms with Gasteiger partial charge in [0, 0.05) is 15.4 Å². The molecule has 18 heavy (non-hydrogen) atoms. The molecule has 0 bridgehead atoms. The van der Waals surface area contributed by atoms with Gasteiger partial charge in [-0.2, -0.15) is 22.0 Å². The zero-order valence-electron chi connectivity index (χ0n) is 8.38. The Morgan fingerprint density at radius 1 is 1.06 bits per heavy atom. The largest absolute Gasteiger partial charge is 0.459 e. The number of nitrogens with one attached hydrogen (secondary N) is 1. The molecule has 1 N–H and O–H groups in total. The van der Waals surface area contributed by atoms with E-state index in [1.807, 2.05) is 4.98 Å². The molecule has 0 saturated carbocycles. The van der Waals surface area contributed by atoms with Crippen LogP contribution in [0.15, 0.2) is 22.7 Å². The molecule has 0 amide bonds. The number of aromatic amines is 1. The highest BCUT2D eigenvalue weighted by Crippen LogP contribution is 2.44. The van der Waals surface area contributed by atoms with Crippen molar-refractivity contribution in [1.29, 1.82) is 0 Å². The van der Waals surface area contributed by atoms with E-state index in [4.69, 9.17) is 11.6 Å².